The third-order valence-corrected chi connectivity index (χ3v) is 11.9. The summed E-state index contributed by atoms with van der Waals surface area (Å²) < 4.78 is 36.4. The van der Waals surface area contributed by atoms with Crippen molar-refractivity contribution in [2.75, 3.05) is 23.7 Å². The topological polar surface area (TPSA) is 152 Å². The first-order valence-electron chi connectivity index (χ1n) is 22.1. The van der Waals surface area contributed by atoms with Gasteiger partial charge < -0.3 is 29.5 Å². The molecule has 2 aromatic carbocycles. The molecule has 0 saturated carbocycles. The van der Waals surface area contributed by atoms with Crippen molar-refractivity contribution in [2.24, 2.45) is 0 Å². The lowest BCUT2D eigenvalue weighted by atomic mass is 10.1. The molecular formula is C49H48Cl2F2N12O2. The van der Waals surface area contributed by atoms with Crippen LogP contribution in [0, 0.1) is 11.6 Å². The number of nitrogens with zero attached hydrogens (tertiary/aromatic N) is 9. The maximum absolute atomic E-state index is 13.5. The van der Waals surface area contributed by atoms with E-state index >= 15 is 0 Å². The molecule has 2 saturated heterocycles. The van der Waals surface area contributed by atoms with Gasteiger partial charge in [-0.15, -0.1) is 0 Å². The molecule has 344 valence electrons. The molecule has 67 heavy (non-hydrogen) atoms. The number of anilines is 2. The van der Waals surface area contributed by atoms with Crippen LogP contribution in [0.15, 0.2) is 110 Å². The molecule has 2 fully saturated rings. The SMILES string of the molecule is CC(C)(C)OC(=O)N1CCCC1c1ccnc(NCc2c(-c3ccc(F)cc3)nc3ccc(Cl)cn23)n1.Fc1ccc(-c2nc3ccc(Cl)cn3c2CNc2nccc(C3CCCN3)n2)cc1. The fraction of sp³-hybridized carbons (Fsp3) is 0.286. The Hall–Kier alpha value is -6.75. The Balaban J connectivity index is 0.000000171. The van der Waals surface area contributed by atoms with E-state index in [0.29, 0.717) is 52.9 Å². The van der Waals surface area contributed by atoms with Gasteiger partial charge in [-0.1, -0.05) is 23.2 Å². The van der Waals surface area contributed by atoms with Gasteiger partial charge in [-0.2, -0.15) is 0 Å². The molecule has 14 nitrogen and oxygen atoms in total. The van der Waals surface area contributed by atoms with Gasteiger partial charge in [-0.3, -0.25) is 4.90 Å². The zero-order chi connectivity index (χ0) is 46.7. The first-order valence-corrected chi connectivity index (χ1v) is 22.8. The van der Waals surface area contributed by atoms with Gasteiger partial charge >= 0.3 is 6.09 Å². The number of hydrogen-bond acceptors (Lipinski definition) is 11. The number of fused-ring (bicyclic) bond motifs is 2. The summed E-state index contributed by atoms with van der Waals surface area (Å²) in [7, 11) is 0. The molecule has 0 radical (unpaired) electrons. The van der Waals surface area contributed by atoms with Crippen LogP contribution in [0.4, 0.5) is 25.5 Å². The normalized spacial score (nSPS) is 16.0. The van der Waals surface area contributed by atoms with E-state index in [9.17, 15) is 13.6 Å². The zero-order valence-electron chi connectivity index (χ0n) is 37.1. The van der Waals surface area contributed by atoms with E-state index < -0.39 is 5.60 Å². The summed E-state index contributed by atoms with van der Waals surface area (Å²) in [6.07, 6.45) is 10.7. The summed E-state index contributed by atoms with van der Waals surface area (Å²) in [5.41, 5.74) is 7.46. The highest BCUT2D eigenvalue weighted by Gasteiger charge is 2.34. The molecule has 0 spiro atoms. The van der Waals surface area contributed by atoms with E-state index in [1.165, 1.54) is 24.3 Å². The van der Waals surface area contributed by atoms with E-state index in [1.807, 2.05) is 60.0 Å². The van der Waals surface area contributed by atoms with Crippen LogP contribution in [0.25, 0.3) is 33.8 Å². The fourth-order valence-corrected chi connectivity index (χ4v) is 8.64. The van der Waals surface area contributed by atoms with Gasteiger partial charge in [0.05, 0.1) is 63.3 Å². The molecule has 1 amide bonds. The zero-order valence-corrected chi connectivity index (χ0v) is 38.6. The quantitative estimate of drug-likeness (QED) is 0.120. The van der Waals surface area contributed by atoms with Crippen LogP contribution in [0.3, 0.4) is 0 Å². The molecule has 18 heteroatoms. The van der Waals surface area contributed by atoms with Crippen molar-refractivity contribution in [3.8, 4) is 22.5 Å². The Morgan fingerprint density at radius 3 is 1.73 bits per heavy atom. The highest BCUT2D eigenvalue weighted by molar-refractivity contribution is 6.30. The number of hydrogen-bond donors (Lipinski definition) is 3. The molecule has 2 aliphatic rings. The lowest BCUT2D eigenvalue weighted by Gasteiger charge is -2.28. The number of rotatable bonds is 10. The number of carbonyl (C=O) groups is 1. The van der Waals surface area contributed by atoms with Crippen LogP contribution in [-0.4, -0.2) is 68.4 Å². The van der Waals surface area contributed by atoms with Crippen LogP contribution < -0.4 is 16.0 Å². The summed E-state index contributed by atoms with van der Waals surface area (Å²) in [6, 6.07) is 23.7. The minimum absolute atomic E-state index is 0.178. The molecule has 2 aliphatic heterocycles. The predicted octanol–water partition coefficient (Wildman–Crippen LogP) is 10.9. The number of imidazole rings is 2. The van der Waals surface area contributed by atoms with E-state index in [1.54, 1.807) is 59.9 Å². The monoisotopic (exact) mass is 944 g/mol. The Kier molecular flexibility index (Phi) is 13.3. The number of ether oxygens (including phenoxy) is 1. The Labute approximate surface area is 395 Å². The first kappa shape index (κ1) is 45.4. The van der Waals surface area contributed by atoms with Gasteiger partial charge in [-0.25, -0.2) is 43.5 Å². The second-order valence-corrected chi connectivity index (χ2v) is 18.1. The molecule has 2 unspecified atom stereocenters. The van der Waals surface area contributed by atoms with Crippen molar-refractivity contribution in [3.63, 3.8) is 0 Å². The summed E-state index contributed by atoms with van der Waals surface area (Å²) >= 11 is 12.5. The van der Waals surface area contributed by atoms with Crippen molar-refractivity contribution in [2.45, 2.75) is 77.2 Å². The van der Waals surface area contributed by atoms with Crippen molar-refractivity contribution < 1.29 is 18.3 Å². The lowest BCUT2D eigenvalue weighted by molar-refractivity contribution is 0.0221. The average molecular weight is 946 g/mol. The Morgan fingerprint density at radius 2 is 1.22 bits per heavy atom. The van der Waals surface area contributed by atoms with Gasteiger partial charge in [-0.05, 0) is 138 Å². The van der Waals surface area contributed by atoms with Gasteiger partial charge in [0, 0.05) is 48.5 Å². The second-order valence-electron chi connectivity index (χ2n) is 17.3. The largest absolute Gasteiger partial charge is 0.444 e. The van der Waals surface area contributed by atoms with Crippen molar-refractivity contribution in [1.29, 1.82) is 0 Å². The van der Waals surface area contributed by atoms with E-state index in [0.717, 1.165) is 77.5 Å². The van der Waals surface area contributed by atoms with Crippen LogP contribution in [0.2, 0.25) is 10.0 Å². The highest BCUT2D eigenvalue weighted by Crippen LogP contribution is 2.33. The molecule has 0 bridgehead atoms. The maximum atomic E-state index is 13.5. The smallest absolute Gasteiger partial charge is 0.410 e. The van der Waals surface area contributed by atoms with E-state index in [2.05, 4.69) is 30.9 Å². The summed E-state index contributed by atoms with van der Waals surface area (Å²) in [6.45, 7) is 7.99. The second kappa shape index (κ2) is 19.6. The van der Waals surface area contributed by atoms with Crippen molar-refractivity contribution >= 4 is 52.5 Å². The lowest BCUT2D eigenvalue weighted by Crippen LogP contribution is -2.36. The fourth-order valence-electron chi connectivity index (χ4n) is 8.32. The van der Waals surface area contributed by atoms with Crippen molar-refractivity contribution in [1.82, 2.24) is 48.9 Å². The Bertz CT molecular complexity index is 3030. The molecule has 8 heterocycles. The van der Waals surface area contributed by atoms with Crippen LogP contribution in [-0.2, 0) is 17.8 Å². The highest BCUT2D eigenvalue weighted by atomic mass is 35.5. The number of benzene rings is 2. The molecule has 6 aromatic heterocycles. The number of pyridine rings is 2. The number of likely N-dealkylation sites (tertiary alicyclic amines) is 1. The Morgan fingerprint density at radius 1 is 0.701 bits per heavy atom. The van der Waals surface area contributed by atoms with Crippen LogP contribution in [0.5, 0.6) is 0 Å². The molecule has 10 rings (SSSR count). The number of amides is 1. The first-order chi connectivity index (χ1) is 32.3. The van der Waals surface area contributed by atoms with Crippen LogP contribution >= 0.6 is 23.2 Å². The molecule has 3 N–H and O–H groups in total. The van der Waals surface area contributed by atoms with Crippen molar-refractivity contribution in [3.05, 3.63) is 154 Å². The molecule has 2 atom stereocenters. The molecule has 0 aliphatic carbocycles. The van der Waals surface area contributed by atoms with Crippen LogP contribution in [0.1, 0.15) is 81.3 Å². The average Bonchev–Trinajstić information content (AvgIpc) is 4.15. The van der Waals surface area contributed by atoms with E-state index in [4.69, 9.17) is 42.9 Å². The maximum Gasteiger partial charge on any atom is 0.410 e. The molecular weight excluding hydrogens is 898 g/mol. The summed E-state index contributed by atoms with van der Waals surface area (Å²) in [5, 5.41) is 11.2. The standard InChI is InChI=1S/C27H28ClFN6O2.C22H20ClFN6/c1-27(2,3)37-26(36)34-14-4-5-21(34)20-12-13-30-25(32-20)31-15-22-24(17-6-9-19(29)10-7-17)33-23-11-8-18(28)16-35(22)23;23-15-5-8-20-29-21(14-3-6-16(24)7-4-14)19(30(20)13-15)12-27-22-26-11-9-18(28-22)17-2-1-10-25-17/h6-13,16,21H,4-5,14-15H2,1-3H3,(H,30,31,32);3-9,11,13,17,25H,1-2,10,12H2,(H,26,27,28). The third kappa shape index (κ3) is 10.6. The van der Waals surface area contributed by atoms with Gasteiger partial charge in [0.15, 0.2) is 0 Å². The number of carbonyl (C=O) groups excluding carboxylic acids is 1. The minimum atomic E-state index is -0.568. The predicted molar refractivity (Wildman–Crippen MR) is 255 cm³/mol. The third-order valence-electron chi connectivity index (χ3n) is 11.4. The van der Waals surface area contributed by atoms with Gasteiger partial charge in [0.2, 0.25) is 11.9 Å². The summed E-state index contributed by atoms with van der Waals surface area (Å²) in [4.78, 5) is 42.1. The minimum Gasteiger partial charge on any atom is -0.444 e. The van der Waals surface area contributed by atoms with Gasteiger partial charge in [0.1, 0.15) is 28.5 Å². The van der Waals surface area contributed by atoms with Gasteiger partial charge in [0.25, 0.3) is 0 Å². The summed E-state index contributed by atoms with van der Waals surface area (Å²) in [5.74, 6) is 0.391. The molecule has 8 aromatic rings. The number of nitrogens with one attached hydrogen (secondary N) is 3. The number of halogens is 4. The number of aromatic nitrogens is 8. The van der Waals surface area contributed by atoms with E-state index in [-0.39, 0.29) is 29.8 Å².